The minimum absolute atomic E-state index is 0.220. The van der Waals surface area contributed by atoms with Crippen LogP contribution in [0.1, 0.15) is 47.2 Å². The molecule has 0 unspecified atom stereocenters. The first-order valence-corrected chi connectivity index (χ1v) is 7.59. The number of amides is 1. The van der Waals surface area contributed by atoms with Gasteiger partial charge in [-0.2, -0.15) is 0 Å². The minimum atomic E-state index is -0.260. The SMILES string of the molecule is O=C(c1cc(=O)[nH]c(C2CC2)n1)N1CCCc2ncccc21. The highest BCUT2D eigenvalue weighted by Gasteiger charge is 2.29. The number of aryl methyl sites for hydroxylation is 1. The molecule has 4 rings (SSSR count). The first kappa shape index (κ1) is 13.2. The van der Waals surface area contributed by atoms with E-state index in [1.54, 1.807) is 11.1 Å². The molecule has 1 saturated carbocycles. The predicted molar refractivity (Wildman–Crippen MR) is 81.1 cm³/mol. The van der Waals surface area contributed by atoms with Crippen molar-refractivity contribution in [2.45, 2.75) is 31.6 Å². The average molecular weight is 296 g/mol. The number of pyridine rings is 1. The molecule has 1 aliphatic heterocycles. The number of hydrogen-bond donors (Lipinski definition) is 1. The molecule has 22 heavy (non-hydrogen) atoms. The van der Waals surface area contributed by atoms with Crippen molar-refractivity contribution >= 4 is 11.6 Å². The summed E-state index contributed by atoms with van der Waals surface area (Å²) in [5.41, 5.74) is 1.72. The molecule has 1 amide bonds. The summed E-state index contributed by atoms with van der Waals surface area (Å²) in [4.78, 5) is 37.7. The van der Waals surface area contributed by atoms with Crippen LogP contribution < -0.4 is 10.5 Å². The lowest BCUT2D eigenvalue weighted by molar-refractivity contribution is 0.0979. The molecule has 6 heteroatoms. The zero-order chi connectivity index (χ0) is 15.1. The zero-order valence-electron chi connectivity index (χ0n) is 12.1. The number of H-pyrrole nitrogens is 1. The van der Waals surface area contributed by atoms with E-state index in [-0.39, 0.29) is 17.2 Å². The van der Waals surface area contributed by atoms with Crippen molar-refractivity contribution in [3.05, 3.63) is 52.0 Å². The van der Waals surface area contributed by atoms with Crippen molar-refractivity contribution in [2.75, 3.05) is 11.4 Å². The van der Waals surface area contributed by atoms with Crippen LogP contribution in [-0.2, 0) is 6.42 Å². The number of anilines is 1. The summed E-state index contributed by atoms with van der Waals surface area (Å²) >= 11 is 0. The minimum Gasteiger partial charge on any atom is -0.310 e. The van der Waals surface area contributed by atoms with Gasteiger partial charge in [-0.1, -0.05) is 0 Å². The summed E-state index contributed by atoms with van der Waals surface area (Å²) in [5, 5.41) is 0. The maximum atomic E-state index is 12.8. The van der Waals surface area contributed by atoms with Crippen LogP contribution in [-0.4, -0.2) is 27.4 Å². The molecule has 3 heterocycles. The number of rotatable bonds is 2. The van der Waals surface area contributed by atoms with Crippen molar-refractivity contribution in [3.8, 4) is 0 Å². The lowest BCUT2D eigenvalue weighted by Crippen LogP contribution is -2.37. The summed E-state index contributed by atoms with van der Waals surface area (Å²) in [6.45, 7) is 0.630. The Labute approximate surface area is 127 Å². The van der Waals surface area contributed by atoms with Gasteiger partial charge in [-0.3, -0.25) is 14.6 Å². The molecule has 6 nitrogen and oxygen atoms in total. The van der Waals surface area contributed by atoms with E-state index in [1.807, 2.05) is 12.1 Å². The van der Waals surface area contributed by atoms with Crippen LogP contribution in [0.5, 0.6) is 0 Å². The largest absolute Gasteiger partial charge is 0.310 e. The highest BCUT2D eigenvalue weighted by atomic mass is 16.2. The number of carbonyl (C=O) groups is 1. The quantitative estimate of drug-likeness (QED) is 0.913. The number of aromatic nitrogens is 3. The van der Waals surface area contributed by atoms with Crippen LogP contribution in [0.3, 0.4) is 0 Å². The van der Waals surface area contributed by atoms with Gasteiger partial charge in [0.15, 0.2) is 0 Å². The van der Waals surface area contributed by atoms with Crippen molar-refractivity contribution in [1.82, 2.24) is 15.0 Å². The number of nitrogens with zero attached hydrogens (tertiary/aromatic N) is 3. The lowest BCUT2D eigenvalue weighted by Gasteiger charge is -2.28. The molecule has 1 aliphatic carbocycles. The summed E-state index contributed by atoms with van der Waals surface area (Å²) in [7, 11) is 0. The summed E-state index contributed by atoms with van der Waals surface area (Å²) < 4.78 is 0. The topological polar surface area (TPSA) is 79.0 Å². The van der Waals surface area contributed by atoms with E-state index < -0.39 is 0 Å². The van der Waals surface area contributed by atoms with E-state index in [2.05, 4.69) is 15.0 Å². The summed E-state index contributed by atoms with van der Waals surface area (Å²) in [6, 6.07) is 5.01. The van der Waals surface area contributed by atoms with Gasteiger partial charge in [-0.15, -0.1) is 0 Å². The third-order valence-electron chi connectivity index (χ3n) is 4.14. The molecule has 0 aromatic carbocycles. The fraction of sp³-hybridized carbons (Fsp3) is 0.375. The highest BCUT2D eigenvalue weighted by molar-refractivity contribution is 6.05. The van der Waals surface area contributed by atoms with Crippen molar-refractivity contribution in [1.29, 1.82) is 0 Å². The Kier molecular flexibility index (Phi) is 3.03. The van der Waals surface area contributed by atoms with Gasteiger partial charge in [0.05, 0.1) is 11.4 Å². The molecule has 2 aliphatic rings. The molecule has 2 aromatic heterocycles. The molecule has 0 radical (unpaired) electrons. The van der Waals surface area contributed by atoms with Crippen molar-refractivity contribution in [3.63, 3.8) is 0 Å². The van der Waals surface area contributed by atoms with Gasteiger partial charge in [0.1, 0.15) is 11.5 Å². The molecule has 1 fully saturated rings. The number of nitrogens with one attached hydrogen (secondary N) is 1. The molecular weight excluding hydrogens is 280 g/mol. The molecule has 0 bridgehead atoms. The Bertz CT molecular complexity index is 795. The molecule has 2 aromatic rings. The second-order valence-electron chi connectivity index (χ2n) is 5.82. The number of aromatic amines is 1. The molecule has 112 valence electrons. The zero-order valence-corrected chi connectivity index (χ0v) is 12.1. The Hall–Kier alpha value is -2.50. The van der Waals surface area contributed by atoms with Gasteiger partial charge in [-0.25, -0.2) is 4.98 Å². The Morgan fingerprint density at radius 3 is 3.05 bits per heavy atom. The van der Waals surface area contributed by atoms with E-state index in [0.717, 1.165) is 37.1 Å². The van der Waals surface area contributed by atoms with Gasteiger partial charge in [0.2, 0.25) is 0 Å². The molecule has 1 N–H and O–H groups in total. The van der Waals surface area contributed by atoms with Crippen LogP contribution in [0.15, 0.2) is 29.2 Å². The van der Waals surface area contributed by atoms with Gasteiger partial charge in [-0.05, 0) is 37.8 Å². The summed E-state index contributed by atoms with van der Waals surface area (Å²) in [5.74, 6) is 0.719. The lowest BCUT2D eigenvalue weighted by atomic mass is 10.1. The predicted octanol–water partition coefficient (Wildman–Crippen LogP) is 1.64. The first-order chi connectivity index (χ1) is 10.7. The third-order valence-corrected chi connectivity index (χ3v) is 4.14. The van der Waals surface area contributed by atoms with E-state index in [0.29, 0.717) is 18.3 Å². The van der Waals surface area contributed by atoms with E-state index in [9.17, 15) is 9.59 Å². The third kappa shape index (κ3) is 2.30. The van der Waals surface area contributed by atoms with Crippen molar-refractivity contribution < 1.29 is 4.79 Å². The van der Waals surface area contributed by atoms with E-state index in [1.165, 1.54) is 6.07 Å². The Balaban J connectivity index is 1.72. The van der Waals surface area contributed by atoms with Crippen LogP contribution in [0, 0.1) is 0 Å². The average Bonchev–Trinajstić information content (AvgIpc) is 3.38. The standard InChI is InChI=1S/C16H16N4O2/c21-14-9-12(18-15(19-14)10-5-6-10)16(22)20-8-2-3-11-13(20)4-1-7-17-11/h1,4,7,9-10H,2-3,5-6,8H2,(H,18,19,21). The Morgan fingerprint density at radius 2 is 2.23 bits per heavy atom. The van der Waals surface area contributed by atoms with E-state index >= 15 is 0 Å². The van der Waals surface area contributed by atoms with Gasteiger partial charge < -0.3 is 9.88 Å². The monoisotopic (exact) mass is 296 g/mol. The van der Waals surface area contributed by atoms with Crippen LogP contribution in [0.25, 0.3) is 0 Å². The second kappa shape index (κ2) is 5.05. The van der Waals surface area contributed by atoms with Gasteiger partial charge in [0.25, 0.3) is 11.5 Å². The fourth-order valence-corrected chi connectivity index (χ4v) is 2.88. The molecule has 0 spiro atoms. The smallest absolute Gasteiger partial charge is 0.277 e. The number of hydrogen-bond acceptors (Lipinski definition) is 4. The second-order valence-corrected chi connectivity index (χ2v) is 5.82. The first-order valence-electron chi connectivity index (χ1n) is 7.59. The highest BCUT2D eigenvalue weighted by Crippen LogP contribution is 2.37. The number of carbonyl (C=O) groups excluding carboxylic acids is 1. The van der Waals surface area contributed by atoms with E-state index in [4.69, 9.17) is 0 Å². The van der Waals surface area contributed by atoms with Gasteiger partial charge in [0, 0.05) is 24.7 Å². The van der Waals surface area contributed by atoms with Crippen LogP contribution >= 0.6 is 0 Å². The fourth-order valence-electron chi connectivity index (χ4n) is 2.88. The maximum absolute atomic E-state index is 12.8. The normalized spacial score (nSPS) is 17.2. The number of fused-ring (bicyclic) bond motifs is 1. The molecule has 0 atom stereocenters. The van der Waals surface area contributed by atoms with Gasteiger partial charge >= 0.3 is 0 Å². The maximum Gasteiger partial charge on any atom is 0.277 e. The molecule has 0 saturated heterocycles. The summed E-state index contributed by atoms with van der Waals surface area (Å²) in [6.07, 6.45) is 5.53. The van der Waals surface area contributed by atoms with Crippen LogP contribution in [0.2, 0.25) is 0 Å². The van der Waals surface area contributed by atoms with Crippen LogP contribution in [0.4, 0.5) is 5.69 Å². The molecular formula is C16H16N4O2. The Morgan fingerprint density at radius 1 is 1.36 bits per heavy atom. The van der Waals surface area contributed by atoms with Crippen molar-refractivity contribution in [2.24, 2.45) is 0 Å².